The quantitative estimate of drug-likeness (QED) is 0.481. The molecule has 1 atom stereocenters. The summed E-state index contributed by atoms with van der Waals surface area (Å²) in [4.78, 5) is 22.6. The Hall–Kier alpha value is -1.60. The Morgan fingerprint density at radius 3 is 2.79 bits per heavy atom. The van der Waals surface area contributed by atoms with Crippen LogP contribution in [0.15, 0.2) is 29.2 Å². The van der Waals surface area contributed by atoms with Gasteiger partial charge >= 0.3 is 0 Å². The molecule has 0 radical (unpaired) electrons. The predicted molar refractivity (Wildman–Crippen MR) is 73.2 cm³/mol. The Labute approximate surface area is 115 Å². The van der Waals surface area contributed by atoms with E-state index < -0.39 is 4.92 Å². The van der Waals surface area contributed by atoms with Gasteiger partial charge in [0.1, 0.15) is 0 Å². The third kappa shape index (κ3) is 4.22. The summed E-state index contributed by atoms with van der Waals surface area (Å²) in [5, 5.41) is 16.6. The normalized spacial score (nSPS) is 18.2. The third-order valence-electron chi connectivity index (χ3n) is 2.84. The van der Waals surface area contributed by atoms with Crippen LogP contribution in [0.3, 0.4) is 0 Å². The van der Waals surface area contributed by atoms with Crippen LogP contribution in [0.5, 0.6) is 0 Å². The Balaban J connectivity index is 1.77. The predicted octanol–water partition coefficient (Wildman–Crippen LogP) is 1.16. The highest BCUT2D eigenvalue weighted by molar-refractivity contribution is 8.00. The van der Waals surface area contributed by atoms with Crippen molar-refractivity contribution in [2.45, 2.75) is 17.4 Å². The Morgan fingerprint density at radius 1 is 1.47 bits per heavy atom. The summed E-state index contributed by atoms with van der Waals surface area (Å²) in [6, 6.07) is 6.44. The second-order valence-corrected chi connectivity index (χ2v) is 5.35. The maximum absolute atomic E-state index is 11.7. The first-order valence-electron chi connectivity index (χ1n) is 6.02. The lowest BCUT2D eigenvalue weighted by Crippen LogP contribution is -2.37. The molecule has 0 saturated carbocycles. The molecule has 7 heteroatoms. The first-order valence-corrected chi connectivity index (χ1v) is 7.01. The summed E-state index contributed by atoms with van der Waals surface area (Å²) >= 11 is 1.38. The highest BCUT2D eigenvalue weighted by Gasteiger charge is 2.16. The van der Waals surface area contributed by atoms with Gasteiger partial charge in [-0.2, -0.15) is 0 Å². The first kappa shape index (κ1) is 13.8. The van der Waals surface area contributed by atoms with Gasteiger partial charge in [-0.25, -0.2) is 0 Å². The van der Waals surface area contributed by atoms with E-state index in [1.54, 1.807) is 12.1 Å². The number of carbonyl (C=O) groups is 1. The van der Waals surface area contributed by atoms with Crippen LogP contribution >= 0.6 is 11.8 Å². The maximum atomic E-state index is 11.7. The molecule has 0 aliphatic carbocycles. The fourth-order valence-corrected chi connectivity index (χ4v) is 2.57. The van der Waals surface area contributed by atoms with Crippen molar-refractivity contribution in [2.24, 2.45) is 0 Å². The van der Waals surface area contributed by atoms with Crippen LogP contribution in [0.25, 0.3) is 0 Å². The molecule has 0 bridgehead atoms. The molecule has 1 aromatic carbocycles. The van der Waals surface area contributed by atoms with Gasteiger partial charge in [0, 0.05) is 29.6 Å². The van der Waals surface area contributed by atoms with Gasteiger partial charge in [-0.15, -0.1) is 11.8 Å². The second kappa shape index (κ2) is 6.53. The number of non-ortho nitro benzene ring substituents is 1. The molecule has 102 valence electrons. The minimum Gasteiger partial charge on any atom is -0.351 e. The molecule has 1 unspecified atom stereocenters. The van der Waals surface area contributed by atoms with E-state index in [1.807, 2.05) is 0 Å². The molecule has 6 nitrogen and oxygen atoms in total. The molecule has 1 aliphatic rings. The zero-order valence-electron chi connectivity index (χ0n) is 10.3. The van der Waals surface area contributed by atoms with E-state index in [1.165, 1.54) is 23.9 Å². The molecule has 0 spiro atoms. The van der Waals surface area contributed by atoms with Gasteiger partial charge in [0.15, 0.2) is 0 Å². The first-order chi connectivity index (χ1) is 9.15. The number of thioether (sulfide) groups is 1. The summed E-state index contributed by atoms with van der Waals surface area (Å²) in [6.45, 7) is 1.77. The van der Waals surface area contributed by atoms with Gasteiger partial charge in [0.25, 0.3) is 5.69 Å². The van der Waals surface area contributed by atoms with E-state index in [4.69, 9.17) is 0 Å². The number of hydrogen-bond donors (Lipinski definition) is 2. The van der Waals surface area contributed by atoms with Gasteiger partial charge in [-0.05, 0) is 25.1 Å². The molecular formula is C12H15N3O3S. The number of carbonyl (C=O) groups excluding carboxylic acids is 1. The lowest BCUT2D eigenvalue weighted by Gasteiger charge is -2.10. The van der Waals surface area contributed by atoms with Crippen LogP contribution in [0.4, 0.5) is 5.69 Å². The Bertz CT molecular complexity index is 458. The number of amides is 1. The van der Waals surface area contributed by atoms with Gasteiger partial charge in [-0.1, -0.05) is 0 Å². The van der Waals surface area contributed by atoms with Gasteiger partial charge in [0.2, 0.25) is 5.91 Å². The summed E-state index contributed by atoms with van der Waals surface area (Å²) in [5.41, 5.74) is 0.0610. The van der Waals surface area contributed by atoms with Crippen LogP contribution in [0, 0.1) is 10.1 Å². The molecule has 1 amide bonds. The maximum Gasteiger partial charge on any atom is 0.269 e. The highest BCUT2D eigenvalue weighted by atomic mass is 32.2. The molecule has 2 N–H and O–H groups in total. The fraction of sp³-hybridized carbons (Fsp3) is 0.417. The fourth-order valence-electron chi connectivity index (χ4n) is 1.86. The molecule has 1 aliphatic heterocycles. The minimum atomic E-state index is -0.436. The van der Waals surface area contributed by atoms with E-state index in [2.05, 4.69) is 10.6 Å². The van der Waals surface area contributed by atoms with Gasteiger partial charge in [0.05, 0.1) is 10.7 Å². The van der Waals surface area contributed by atoms with Crippen molar-refractivity contribution in [3.8, 4) is 0 Å². The van der Waals surface area contributed by atoms with Crippen LogP contribution in [0.2, 0.25) is 0 Å². The van der Waals surface area contributed by atoms with Crippen molar-refractivity contribution >= 4 is 23.4 Å². The number of nitro benzene ring substituents is 1. The SMILES string of the molecule is O=C(CSc1ccc([N+](=O)[O-])cc1)NC1CCNC1. The smallest absolute Gasteiger partial charge is 0.269 e. The van der Waals surface area contributed by atoms with Crippen molar-refractivity contribution in [3.05, 3.63) is 34.4 Å². The second-order valence-electron chi connectivity index (χ2n) is 4.30. The lowest BCUT2D eigenvalue weighted by atomic mass is 10.3. The van der Waals surface area contributed by atoms with Crippen LogP contribution in [-0.4, -0.2) is 35.7 Å². The monoisotopic (exact) mass is 281 g/mol. The van der Waals surface area contributed by atoms with Crippen LogP contribution < -0.4 is 10.6 Å². The summed E-state index contributed by atoms with van der Waals surface area (Å²) in [7, 11) is 0. The van der Waals surface area contributed by atoms with Crippen molar-refractivity contribution in [3.63, 3.8) is 0 Å². The van der Waals surface area contributed by atoms with Crippen molar-refractivity contribution in [1.82, 2.24) is 10.6 Å². The van der Waals surface area contributed by atoms with E-state index in [0.717, 1.165) is 24.4 Å². The molecule has 0 aromatic heterocycles. The Morgan fingerprint density at radius 2 is 2.21 bits per heavy atom. The van der Waals surface area contributed by atoms with E-state index in [0.29, 0.717) is 5.75 Å². The van der Waals surface area contributed by atoms with Crippen molar-refractivity contribution in [2.75, 3.05) is 18.8 Å². The number of nitro groups is 1. The summed E-state index contributed by atoms with van der Waals surface area (Å²) < 4.78 is 0. The molecule has 19 heavy (non-hydrogen) atoms. The number of benzene rings is 1. The molecular weight excluding hydrogens is 266 g/mol. The molecule has 1 aromatic rings. The molecule has 1 fully saturated rings. The van der Waals surface area contributed by atoms with Crippen molar-refractivity contribution in [1.29, 1.82) is 0 Å². The Kier molecular flexibility index (Phi) is 4.75. The van der Waals surface area contributed by atoms with Gasteiger partial charge in [-0.3, -0.25) is 14.9 Å². The topological polar surface area (TPSA) is 84.3 Å². The van der Waals surface area contributed by atoms with E-state index in [-0.39, 0.29) is 17.6 Å². The number of nitrogens with zero attached hydrogens (tertiary/aromatic N) is 1. The number of rotatable bonds is 5. The van der Waals surface area contributed by atoms with Crippen molar-refractivity contribution < 1.29 is 9.72 Å². The van der Waals surface area contributed by atoms with Crippen LogP contribution in [0.1, 0.15) is 6.42 Å². The third-order valence-corrected chi connectivity index (χ3v) is 3.85. The largest absolute Gasteiger partial charge is 0.351 e. The summed E-state index contributed by atoms with van der Waals surface area (Å²) in [6.07, 6.45) is 0.966. The van der Waals surface area contributed by atoms with Crippen LogP contribution in [-0.2, 0) is 4.79 Å². The zero-order valence-corrected chi connectivity index (χ0v) is 11.1. The minimum absolute atomic E-state index is 0.00273. The molecule has 1 saturated heterocycles. The average Bonchev–Trinajstić information content (AvgIpc) is 2.89. The average molecular weight is 281 g/mol. The standard InChI is InChI=1S/C12H15N3O3S/c16-12(14-9-5-6-13-7-9)8-19-11-3-1-10(2-4-11)15(17)18/h1-4,9,13H,5-8H2,(H,14,16). The number of nitrogens with one attached hydrogen (secondary N) is 2. The van der Waals surface area contributed by atoms with E-state index >= 15 is 0 Å². The van der Waals surface area contributed by atoms with Gasteiger partial charge < -0.3 is 10.6 Å². The lowest BCUT2D eigenvalue weighted by molar-refractivity contribution is -0.384. The zero-order chi connectivity index (χ0) is 13.7. The summed E-state index contributed by atoms with van der Waals surface area (Å²) in [5.74, 6) is 0.325. The molecule has 2 rings (SSSR count). The highest BCUT2D eigenvalue weighted by Crippen LogP contribution is 2.21. The van der Waals surface area contributed by atoms with E-state index in [9.17, 15) is 14.9 Å². The number of hydrogen-bond acceptors (Lipinski definition) is 5. The molecule has 1 heterocycles.